The highest BCUT2D eigenvalue weighted by Gasteiger charge is 2.33. The first-order chi connectivity index (χ1) is 14.2. The average Bonchev–Trinajstić information content (AvgIpc) is 2.75. The Morgan fingerprint density at radius 2 is 1.90 bits per heavy atom. The normalized spacial score (nSPS) is 21.5. The number of amides is 1. The summed E-state index contributed by atoms with van der Waals surface area (Å²) in [5, 5.41) is 0. The first-order valence-electron chi connectivity index (χ1n) is 10.2. The number of piperidine rings is 1. The largest absolute Gasteiger partial charge is 0.491 e. The van der Waals surface area contributed by atoms with E-state index in [2.05, 4.69) is 4.90 Å². The van der Waals surface area contributed by atoms with Crippen LogP contribution >= 0.6 is 0 Å². The third kappa shape index (κ3) is 6.92. The van der Waals surface area contributed by atoms with Gasteiger partial charge in [-0.1, -0.05) is 0 Å². The summed E-state index contributed by atoms with van der Waals surface area (Å²) in [6.07, 6.45) is 1.73. The third-order valence-corrected chi connectivity index (χ3v) is 5.39. The van der Waals surface area contributed by atoms with Gasteiger partial charge in [-0.25, -0.2) is 4.39 Å². The van der Waals surface area contributed by atoms with Crippen LogP contribution in [-0.4, -0.2) is 94.2 Å². The van der Waals surface area contributed by atoms with Gasteiger partial charge in [-0.15, -0.1) is 0 Å². The molecule has 2 saturated heterocycles. The second-order valence-electron chi connectivity index (χ2n) is 7.42. The molecule has 0 N–H and O–H groups in total. The van der Waals surface area contributed by atoms with Gasteiger partial charge in [-0.2, -0.15) is 0 Å². The number of nitrogens with zero attached hydrogens (tertiary/aromatic N) is 2. The molecule has 3 rings (SSSR count). The van der Waals surface area contributed by atoms with Crippen molar-refractivity contribution in [3.05, 3.63) is 30.1 Å². The van der Waals surface area contributed by atoms with E-state index in [9.17, 15) is 9.18 Å². The van der Waals surface area contributed by atoms with Crippen LogP contribution in [0.15, 0.2) is 24.3 Å². The molecule has 0 saturated carbocycles. The summed E-state index contributed by atoms with van der Waals surface area (Å²) in [6.45, 7) is 5.72. The Hall–Kier alpha value is -1.74. The molecule has 0 radical (unpaired) electrons. The van der Waals surface area contributed by atoms with Gasteiger partial charge >= 0.3 is 0 Å². The van der Waals surface area contributed by atoms with Crippen LogP contribution in [0.5, 0.6) is 5.75 Å². The molecule has 2 aliphatic heterocycles. The van der Waals surface area contributed by atoms with Crippen LogP contribution in [0.4, 0.5) is 4.39 Å². The van der Waals surface area contributed by atoms with E-state index in [-0.39, 0.29) is 30.5 Å². The molecule has 0 aromatic heterocycles. The molecule has 2 heterocycles. The zero-order valence-corrected chi connectivity index (χ0v) is 17.1. The van der Waals surface area contributed by atoms with Gasteiger partial charge in [0.05, 0.1) is 26.4 Å². The van der Waals surface area contributed by atoms with E-state index in [0.29, 0.717) is 38.7 Å². The number of ether oxygens (including phenoxy) is 4. The van der Waals surface area contributed by atoms with Gasteiger partial charge in [0, 0.05) is 32.8 Å². The van der Waals surface area contributed by atoms with Crippen molar-refractivity contribution in [2.75, 3.05) is 66.3 Å². The summed E-state index contributed by atoms with van der Waals surface area (Å²) >= 11 is 0. The number of carbonyl (C=O) groups is 1. The molecule has 1 amide bonds. The molecule has 1 unspecified atom stereocenters. The highest BCUT2D eigenvalue weighted by molar-refractivity contribution is 5.78. The fraction of sp³-hybridized carbons (Fsp3) is 0.667. The van der Waals surface area contributed by atoms with Crippen molar-refractivity contribution in [2.45, 2.75) is 25.0 Å². The van der Waals surface area contributed by atoms with Crippen LogP contribution in [0, 0.1) is 5.82 Å². The summed E-state index contributed by atoms with van der Waals surface area (Å²) in [6, 6.07) is 6.16. The van der Waals surface area contributed by atoms with Crippen molar-refractivity contribution in [2.24, 2.45) is 0 Å². The quantitative estimate of drug-likeness (QED) is 0.546. The van der Waals surface area contributed by atoms with E-state index >= 15 is 0 Å². The third-order valence-electron chi connectivity index (χ3n) is 5.39. The standard InChI is InChI=1S/C21H31FN2O5/c1-26-12-13-27-11-10-23-8-6-18(7-9-23)24-14-20(29-16-21(24)25)15-28-19-4-2-17(22)3-5-19/h2-5,18,20H,6-16H2,1H3. The predicted molar refractivity (Wildman–Crippen MR) is 106 cm³/mol. The summed E-state index contributed by atoms with van der Waals surface area (Å²) in [5.74, 6) is 0.347. The fourth-order valence-electron chi connectivity index (χ4n) is 3.71. The average molecular weight is 410 g/mol. The maximum Gasteiger partial charge on any atom is 0.248 e. The van der Waals surface area contributed by atoms with Crippen LogP contribution < -0.4 is 4.74 Å². The molecule has 1 aromatic carbocycles. The van der Waals surface area contributed by atoms with E-state index in [4.69, 9.17) is 18.9 Å². The number of rotatable bonds is 10. The topological polar surface area (TPSA) is 60.5 Å². The predicted octanol–water partition coefficient (Wildman–Crippen LogP) is 1.56. The lowest BCUT2D eigenvalue weighted by atomic mass is 10.0. The van der Waals surface area contributed by atoms with Crippen LogP contribution in [0.2, 0.25) is 0 Å². The Kier molecular flexibility index (Phi) is 8.67. The summed E-state index contributed by atoms with van der Waals surface area (Å²) in [5.41, 5.74) is 0. The minimum absolute atomic E-state index is 0.0457. The number of halogens is 1. The van der Waals surface area contributed by atoms with Gasteiger partial charge in [0.25, 0.3) is 0 Å². The Balaban J connectivity index is 1.39. The molecule has 162 valence electrons. The molecule has 29 heavy (non-hydrogen) atoms. The van der Waals surface area contributed by atoms with Crippen LogP contribution in [0.25, 0.3) is 0 Å². The van der Waals surface area contributed by atoms with Crippen molar-refractivity contribution in [1.82, 2.24) is 9.80 Å². The number of hydrogen-bond acceptors (Lipinski definition) is 6. The van der Waals surface area contributed by atoms with Gasteiger partial charge in [-0.3, -0.25) is 4.79 Å². The van der Waals surface area contributed by atoms with E-state index in [1.165, 1.54) is 12.1 Å². The highest BCUT2D eigenvalue weighted by Crippen LogP contribution is 2.21. The molecule has 1 atom stereocenters. The Morgan fingerprint density at radius 3 is 2.62 bits per heavy atom. The van der Waals surface area contributed by atoms with Crippen molar-refractivity contribution in [1.29, 1.82) is 0 Å². The second-order valence-corrected chi connectivity index (χ2v) is 7.42. The first kappa shape index (κ1) is 22.0. The lowest BCUT2D eigenvalue weighted by Crippen LogP contribution is -2.55. The zero-order chi connectivity index (χ0) is 20.5. The van der Waals surface area contributed by atoms with Gasteiger partial charge in [-0.05, 0) is 37.1 Å². The first-order valence-corrected chi connectivity index (χ1v) is 10.2. The minimum Gasteiger partial charge on any atom is -0.491 e. The molecule has 2 aliphatic rings. The maximum absolute atomic E-state index is 13.0. The molecular formula is C21H31FN2O5. The molecule has 0 aliphatic carbocycles. The summed E-state index contributed by atoms with van der Waals surface area (Å²) < 4.78 is 34.8. The molecule has 7 nitrogen and oxygen atoms in total. The van der Waals surface area contributed by atoms with Crippen LogP contribution in [0.1, 0.15) is 12.8 Å². The van der Waals surface area contributed by atoms with Gasteiger partial charge in [0.2, 0.25) is 5.91 Å². The molecular weight excluding hydrogens is 379 g/mol. The molecule has 8 heteroatoms. The Morgan fingerprint density at radius 1 is 1.14 bits per heavy atom. The summed E-state index contributed by atoms with van der Waals surface area (Å²) in [4.78, 5) is 16.7. The SMILES string of the molecule is COCCOCCN1CCC(N2CC(COc3ccc(F)cc3)OCC2=O)CC1. The van der Waals surface area contributed by atoms with Crippen molar-refractivity contribution in [3.8, 4) is 5.75 Å². The molecule has 1 aromatic rings. The molecule has 0 bridgehead atoms. The van der Waals surface area contributed by atoms with Gasteiger partial charge in [0.15, 0.2) is 0 Å². The number of carbonyl (C=O) groups excluding carboxylic acids is 1. The number of morpholine rings is 1. The number of methoxy groups -OCH3 is 1. The lowest BCUT2D eigenvalue weighted by molar-refractivity contribution is -0.155. The summed E-state index contributed by atoms with van der Waals surface area (Å²) in [7, 11) is 1.67. The number of benzene rings is 1. The Bertz CT molecular complexity index is 622. The number of hydrogen-bond donors (Lipinski definition) is 0. The van der Waals surface area contributed by atoms with E-state index in [0.717, 1.165) is 32.5 Å². The van der Waals surface area contributed by atoms with E-state index in [1.54, 1.807) is 19.2 Å². The Labute approximate surface area is 171 Å². The monoisotopic (exact) mass is 410 g/mol. The second kappa shape index (κ2) is 11.4. The fourth-order valence-corrected chi connectivity index (χ4v) is 3.71. The van der Waals surface area contributed by atoms with Crippen molar-refractivity contribution in [3.63, 3.8) is 0 Å². The van der Waals surface area contributed by atoms with Gasteiger partial charge < -0.3 is 28.7 Å². The smallest absolute Gasteiger partial charge is 0.248 e. The molecule has 2 fully saturated rings. The van der Waals surface area contributed by atoms with Crippen LogP contribution in [-0.2, 0) is 19.0 Å². The maximum atomic E-state index is 13.0. The minimum atomic E-state index is -0.295. The van der Waals surface area contributed by atoms with Crippen molar-refractivity contribution >= 4 is 5.91 Å². The van der Waals surface area contributed by atoms with E-state index in [1.807, 2.05) is 4.90 Å². The van der Waals surface area contributed by atoms with E-state index < -0.39 is 0 Å². The van der Waals surface area contributed by atoms with Crippen LogP contribution in [0.3, 0.4) is 0 Å². The lowest BCUT2D eigenvalue weighted by Gasteiger charge is -2.42. The van der Waals surface area contributed by atoms with Crippen molar-refractivity contribution < 1.29 is 28.1 Å². The highest BCUT2D eigenvalue weighted by atomic mass is 19.1. The number of likely N-dealkylation sites (tertiary alicyclic amines) is 1. The molecule has 0 spiro atoms. The van der Waals surface area contributed by atoms with Gasteiger partial charge in [0.1, 0.15) is 30.9 Å². The zero-order valence-electron chi connectivity index (χ0n) is 17.1.